The molecule has 2 atom stereocenters. The first-order valence-corrected chi connectivity index (χ1v) is 7.46. The fraction of sp³-hybridized carbons (Fsp3) is 0.929. The summed E-state index contributed by atoms with van der Waals surface area (Å²) < 4.78 is 5.65. The molecule has 0 aromatic carbocycles. The minimum Gasteiger partial charge on any atom is -0.378 e. The van der Waals surface area contributed by atoms with E-state index in [4.69, 9.17) is 4.74 Å². The summed E-state index contributed by atoms with van der Waals surface area (Å²) in [6.07, 6.45) is 9.21. The third-order valence-electron chi connectivity index (χ3n) is 3.91. The van der Waals surface area contributed by atoms with Crippen molar-refractivity contribution in [1.29, 1.82) is 0 Å². The molecule has 4 nitrogen and oxygen atoms in total. The third-order valence-corrected chi connectivity index (χ3v) is 3.91. The van der Waals surface area contributed by atoms with E-state index < -0.39 is 0 Å². The van der Waals surface area contributed by atoms with Crippen molar-refractivity contribution in [2.24, 2.45) is 0 Å². The fourth-order valence-electron chi connectivity index (χ4n) is 2.80. The maximum absolute atomic E-state index is 11.8. The third kappa shape index (κ3) is 4.94. The summed E-state index contributed by atoms with van der Waals surface area (Å²) in [7, 11) is 0. The van der Waals surface area contributed by atoms with Gasteiger partial charge in [-0.1, -0.05) is 6.42 Å². The van der Waals surface area contributed by atoms with Crippen molar-refractivity contribution in [3.63, 3.8) is 0 Å². The van der Waals surface area contributed by atoms with Gasteiger partial charge in [-0.25, -0.2) is 0 Å². The van der Waals surface area contributed by atoms with Gasteiger partial charge in [-0.15, -0.1) is 0 Å². The first-order valence-electron chi connectivity index (χ1n) is 7.46. The monoisotopic (exact) mass is 254 g/mol. The van der Waals surface area contributed by atoms with E-state index in [2.05, 4.69) is 10.6 Å². The van der Waals surface area contributed by atoms with Crippen LogP contribution in [0.4, 0.5) is 0 Å². The Bertz CT molecular complexity index is 246. The van der Waals surface area contributed by atoms with Crippen LogP contribution in [0.2, 0.25) is 0 Å². The van der Waals surface area contributed by atoms with Crippen molar-refractivity contribution in [3.8, 4) is 0 Å². The van der Waals surface area contributed by atoms with Gasteiger partial charge in [-0.3, -0.25) is 4.79 Å². The second kappa shape index (κ2) is 7.74. The van der Waals surface area contributed by atoms with Crippen molar-refractivity contribution in [2.45, 2.75) is 63.5 Å². The molecule has 0 bridgehead atoms. The number of hydrogen-bond donors (Lipinski definition) is 2. The Morgan fingerprint density at radius 2 is 2.11 bits per heavy atom. The number of hydrogen-bond acceptors (Lipinski definition) is 3. The number of ether oxygens (including phenoxy) is 1. The van der Waals surface area contributed by atoms with E-state index in [0.717, 1.165) is 39.0 Å². The van der Waals surface area contributed by atoms with Crippen molar-refractivity contribution < 1.29 is 9.53 Å². The highest BCUT2D eigenvalue weighted by Gasteiger charge is 2.17. The quantitative estimate of drug-likeness (QED) is 0.783. The molecule has 18 heavy (non-hydrogen) atoms. The molecule has 104 valence electrons. The molecular weight excluding hydrogens is 228 g/mol. The maximum atomic E-state index is 11.8. The second-order valence-corrected chi connectivity index (χ2v) is 5.48. The van der Waals surface area contributed by atoms with E-state index >= 15 is 0 Å². The first-order chi connectivity index (χ1) is 8.84. The van der Waals surface area contributed by atoms with Gasteiger partial charge in [0, 0.05) is 25.6 Å². The molecule has 2 N–H and O–H groups in total. The standard InChI is InChI=1S/C14H26N2O2/c17-14(11-12-5-1-3-8-15-12)16-9-7-13-6-2-4-10-18-13/h12-13,15H,1-11H2,(H,16,17). The van der Waals surface area contributed by atoms with Crippen LogP contribution in [0.3, 0.4) is 0 Å². The number of carbonyl (C=O) groups is 1. The van der Waals surface area contributed by atoms with E-state index in [9.17, 15) is 4.79 Å². The van der Waals surface area contributed by atoms with Gasteiger partial charge in [0.05, 0.1) is 6.10 Å². The van der Waals surface area contributed by atoms with E-state index in [1.54, 1.807) is 0 Å². The minimum atomic E-state index is 0.185. The van der Waals surface area contributed by atoms with Crippen LogP contribution in [-0.2, 0) is 9.53 Å². The molecule has 2 rings (SSSR count). The highest BCUT2D eigenvalue weighted by Crippen LogP contribution is 2.15. The number of piperidine rings is 1. The van der Waals surface area contributed by atoms with Crippen molar-refractivity contribution in [3.05, 3.63) is 0 Å². The smallest absolute Gasteiger partial charge is 0.221 e. The van der Waals surface area contributed by atoms with Crippen LogP contribution in [0.25, 0.3) is 0 Å². The zero-order chi connectivity index (χ0) is 12.6. The lowest BCUT2D eigenvalue weighted by atomic mass is 10.0. The van der Waals surface area contributed by atoms with E-state index in [-0.39, 0.29) is 5.91 Å². The molecule has 2 aliphatic heterocycles. The molecule has 2 heterocycles. The second-order valence-electron chi connectivity index (χ2n) is 5.48. The Hall–Kier alpha value is -0.610. The van der Waals surface area contributed by atoms with Gasteiger partial charge < -0.3 is 15.4 Å². The van der Waals surface area contributed by atoms with Gasteiger partial charge >= 0.3 is 0 Å². The summed E-state index contributed by atoms with van der Waals surface area (Å²) in [6, 6.07) is 0.393. The Kier molecular flexibility index (Phi) is 5.94. The molecule has 0 aromatic rings. The molecule has 2 aliphatic rings. The van der Waals surface area contributed by atoms with Crippen LogP contribution in [0.1, 0.15) is 51.4 Å². The normalized spacial score (nSPS) is 28.9. The molecule has 2 saturated heterocycles. The first kappa shape index (κ1) is 13.8. The molecule has 0 aliphatic carbocycles. The molecule has 1 amide bonds. The van der Waals surface area contributed by atoms with Gasteiger partial charge in [0.1, 0.15) is 0 Å². The Morgan fingerprint density at radius 1 is 1.22 bits per heavy atom. The van der Waals surface area contributed by atoms with Crippen molar-refractivity contribution in [2.75, 3.05) is 19.7 Å². The average Bonchev–Trinajstić information content (AvgIpc) is 2.41. The molecule has 0 spiro atoms. The molecular formula is C14H26N2O2. The maximum Gasteiger partial charge on any atom is 0.221 e. The van der Waals surface area contributed by atoms with Gasteiger partial charge in [-0.2, -0.15) is 0 Å². The molecule has 0 radical (unpaired) electrons. The van der Waals surface area contributed by atoms with E-state index in [1.807, 2.05) is 0 Å². The SMILES string of the molecule is O=C(CC1CCCCN1)NCCC1CCCCO1. The van der Waals surface area contributed by atoms with Crippen LogP contribution < -0.4 is 10.6 Å². The topological polar surface area (TPSA) is 50.4 Å². The Morgan fingerprint density at radius 3 is 2.83 bits per heavy atom. The summed E-state index contributed by atoms with van der Waals surface area (Å²) in [4.78, 5) is 11.8. The number of nitrogens with one attached hydrogen (secondary N) is 2. The minimum absolute atomic E-state index is 0.185. The molecule has 0 aromatic heterocycles. The summed E-state index contributed by atoms with van der Waals surface area (Å²) in [5.74, 6) is 0.185. The number of rotatable bonds is 5. The number of amides is 1. The van der Waals surface area contributed by atoms with Gasteiger partial charge in [-0.05, 0) is 45.1 Å². The summed E-state index contributed by atoms with van der Waals surface area (Å²) in [5, 5.41) is 6.42. The summed E-state index contributed by atoms with van der Waals surface area (Å²) >= 11 is 0. The van der Waals surface area contributed by atoms with E-state index in [0.29, 0.717) is 18.6 Å². The summed E-state index contributed by atoms with van der Waals surface area (Å²) in [6.45, 7) is 2.72. The lowest BCUT2D eigenvalue weighted by Crippen LogP contribution is -2.39. The van der Waals surface area contributed by atoms with Crippen LogP contribution in [0.15, 0.2) is 0 Å². The molecule has 0 saturated carbocycles. The van der Waals surface area contributed by atoms with Crippen molar-refractivity contribution >= 4 is 5.91 Å². The van der Waals surface area contributed by atoms with Crippen LogP contribution in [0.5, 0.6) is 0 Å². The molecule has 4 heteroatoms. The Balaban J connectivity index is 1.53. The highest BCUT2D eigenvalue weighted by atomic mass is 16.5. The lowest BCUT2D eigenvalue weighted by molar-refractivity contribution is -0.121. The zero-order valence-corrected chi connectivity index (χ0v) is 11.2. The van der Waals surface area contributed by atoms with Gasteiger partial charge in [0.2, 0.25) is 5.91 Å². The van der Waals surface area contributed by atoms with Gasteiger partial charge in [0.15, 0.2) is 0 Å². The molecule has 2 unspecified atom stereocenters. The zero-order valence-electron chi connectivity index (χ0n) is 11.2. The van der Waals surface area contributed by atoms with Gasteiger partial charge in [0.25, 0.3) is 0 Å². The summed E-state index contributed by atoms with van der Waals surface area (Å²) in [5.41, 5.74) is 0. The predicted molar refractivity (Wildman–Crippen MR) is 71.5 cm³/mol. The Labute approximate surface area is 110 Å². The van der Waals surface area contributed by atoms with Crippen LogP contribution in [0, 0.1) is 0 Å². The van der Waals surface area contributed by atoms with Crippen molar-refractivity contribution in [1.82, 2.24) is 10.6 Å². The largest absolute Gasteiger partial charge is 0.378 e. The molecule has 2 fully saturated rings. The highest BCUT2D eigenvalue weighted by molar-refractivity contribution is 5.76. The lowest BCUT2D eigenvalue weighted by Gasteiger charge is -2.24. The number of carbonyl (C=O) groups excluding carboxylic acids is 1. The average molecular weight is 254 g/mol. The van der Waals surface area contributed by atoms with E-state index in [1.165, 1.54) is 25.7 Å². The fourth-order valence-corrected chi connectivity index (χ4v) is 2.80. The predicted octanol–water partition coefficient (Wildman–Crippen LogP) is 1.59. The van der Waals surface area contributed by atoms with Crippen LogP contribution in [-0.4, -0.2) is 37.7 Å². The van der Waals surface area contributed by atoms with Crippen LogP contribution >= 0.6 is 0 Å².